The molecule has 1 saturated heterocycles. The number of hydrogen-bond acceptors (Lipinski definition) is 2. The smallest absolute Gasteiger partial charge is 0.239 e. The zero-order chi connectivity index (χ0) is 13.0. The normalized spacial score (nSPS) is 27.6. The molecule has 104 valence electrons. The summed E-state index contributed by atoms with van der Waals surface area (Å²) in [4.78, 5) is 14.8. The highest BCUT2D eigenvalue weighted by molar-refractivity contribution is 5.82. The van der Waals surface area contributed by atoms with Gasteiger partial charge in [0, 0.05) is 18.6 Å². The van der Waals surface area contributed by atoms with Gasteiger partial charge in [0.2, 0.25) is 5.91 Å². The molecule has 1 aliphatic carbocycles. The fourth-order valence-electron chi connectivity index (χ4n) is 3.38. The van der Waals surface area contributed by atoms with Crippen LogP contribution in [0, 0.1) is 0 Å². The van der Waals surface area contributed by atoms with Gasteiger partial charge < -0.3 is 10.2 Å². The van der Waals surface area contributed by atoms with Crippen LogP contribution in [0.2, 0.25) is 0 Å². The molecule has 1 amide bonds. The first-order valence-electron chi connectivity index (χ1n) is 7.75. The quantitative estimate of drug-likeness (QED) is 0.837. The molecular formula is C15H28N2O. The first-order chi connectivity index (χ1) is 8.68. The minimum Gasteiger partial charge on any atom is -0.338 e. The van der Waals surface area contributed by atoms with E-state index in [4.69, 9.17) is 0 Å². The van der Waals surface area contributed by atoms with E-state index in [1.165, 1.54) is 44.9 Å². The number of carbonyl (C=O) groups is 1. The number of amides is 1. The summed E-state index contributed by atoms with van der Waals surface area (Å²) < 4.78 is 0. The Hall–Kier alpha value is -0.570. The monoisotopic (exact) mass is 252 g/mol. The second-order valence-corrected chi connectivity index (χ2v) is 6.19. The van der Waals surface area contributed by atoms with E-state index in [0.29, 0.717) is 18.0 Å². The molecule has 0 spiro atoms. The molecule has 18 heavy (non-hydrogen) atoms. The van der Waals surface area contributed by atoms with Crippen LogP contribution in [-0.2, 0) is 4.79 Å². The van der Waals surface area contributed by atoms with Gasteiger partial charge in [-0.05, 0) is 32.1 Å². The van der Waals surface area contributed by atoms with Gasteiger partial charge in [0.25, 0.3) is 0 Å². The summed E-state index contributed by atoms with van der Waals surface area (Å²) in [7, 11) is 0. The lowest BCUT2D eigenvalue weighted by Crippen LogP contribution is -2.51. The summed E-state index contributed by atoms with van der Waals surface area (Å²) in [5.41, 5.74) is 0. The van der Waals surface area contributed by atoms with E-state index in [9.17, 15) is 4.79 Å². The van der Waals surface area contributed by atoms with Gasteiger partial charge in [0.15, 0.2) is 0 Å². The van der Waals surface area contributed by atoms with E-state index < -0.39 is 0 Å². The fraction of sp³-hybridized carbons (Fsp3) is 0.933. The van der Waals surface area contributed by atoms with Crippen LogP contribution in [0.25, 0.3) is 0 Å². The highest BCUT2D eigenvalue weighted by Crippen LogP contribution is 2.25. The molecule has 3 nitrogen and oxygen atoms in total. The van der Waals surface area contributed by atoms with Crippen LogP contribution in [0.15, 0.2) is 0 Å². The van der Waals surface area contributed by atoms with Gasteiger partial charge in [0.1, 0.15) is 0 Å². The predicted octanol–water partition coefficient (Wildman–Crippen LogP) is 2.70. The molecule has 0 aromatic carbocycles. The molecule has 1 N–H and O–H groups in total. The molecule has 1 heterocycles. The van der Waals surface area contributed by atoms with Gasteiger partial charge in [-0.25, -0.2) is 0 Å². The van der Waals surface area contributed by atoms with Crippen molar-refractivity contribution in [2.24, 2.45) is 0 Å². The molecule has 1 saturated carbocycles. The molecule has 0 radical (unpaired) electrons. The largest absolute Gasteiger partial charge is 0.338 e. The van der Waals surface area contributed by atoms with Crippen molar-refractivity contribution in [1.29, 1.82) is 0 Å². The Morgan fingerprint density at radius 1 is 1.06 bits per heavy atom. The van der Waals surface area contributed by atoms with Gasteiger partial charge in [0.05, 0.1) is 6.04 Å². The van der Waals surface area contributed by atoms with Crippen LogP contribution < -0.4 is 5.32 Å². The van der Waals surface area contributed by atoms with Gasteiger partial charge in [-0.3, -0.25) is 4.79 Å². The molecule has 3 heteroatoms. The second-order valence-electron chi connectivity index (χ2n) is 6.19. The third-order valence-corrected chi connectivity index (χ3v) is 4.27. The molecule has 2 aliphatic rings. The van der Waals surface area contributed by atoms with Crippen molar-refractivity contribution in [3.05, 3.63) is 0 Å². The summed E-state index contributed by atoms with van der Waals surface area (Å²) in [5.74, 6) is 0.369. The minimum atomic E-state index is 0.0643. The average molecular weight is 252 g/mol. The number of rotatable bonds is 3. The maximum absolute atomic E-state index is 12.6. The maximum Gasteiger partial charge on any atom is 0.239 e. The number of carbonyl (C=O) groups excluding carboxylic acids is 1. The molecule has 1 atom stereocenters. The van der Waals surface area contributed by atoms with Gasteiger partial charge in [-0.15, -0.1) is 0 Å². The molecule has 0 unspecified atom stereocenters. The van der Waals surface area contributed by atoms with E-state index in [-0.39, 0.29) is 6.04 Å². The number of hydrogen-bond donors (Lipinski definition) is 1. The molecule has 0 bridgehead atoms. The zero-order valence-electron chi connectivity index (χ0n) is 12.0. The van der Waals surface area contributed by atoms with Crippen molar-refractivity contribution in [3.8, 4) is 0 Å². The lowest BCUT2D eigenvalue weighted by atomic mass is 9.94. The molecule has 2 rings (SSSR count). The highest BCUT2D eigenvalue weighted by atomic mass is 16.2. The van der Waals surface area contributed by atoms with Crippen molar-refractivity contribution >= 4 is 5.91 Å². The average Bonchev–Trinajstić information content (AvgIpc) is 2.53. The highest BCUT2D eigenvalue weighted by Gasteiger charge is 2.32. The Balaban J connectivity index is 2.01. The van der Waals surface area contributed by atoms with Gasteiger partial charge in [-0.1, -0.05) is 33.1 Å². The van der Waals surface area contributed by atoms with E-state index in [1.807, 2.05) is 0 Å². The SMILES string of the molecule is CC(C)N[C@H]1CCCCN(C2CCCCC2)C1=O. The van der Waals surface area contributed by atoms with Crippen LogP contribution in [0.5, 0.6) is 0 Å². The second kappa shape index (κ2) is 6.55. The Kier molecular flexibility index (Phi) is 5.04. The lowest BCUT2D eigenvalue weighted by Gasteiger charge is -2.35. The van der Waals surface area contributed by atoms with Crippen LogP contribution in [0.3, 0.4) is 0 Å². The summed E-state index contributed by atoms with van der Waals surface area (Å²) in [6.45, 7) is 5.24. The number of nitrogens with zero attached hydrogens (tertiary/aromatic N) is 1. The topological polar surface area (TPSA) is 32.3 Å². The van der Waals surface area contributed by atoms with Crippen LogP contribution in [-0.4, -0.2) is 35.5 Å². The standard InChI is InChI=1S/C15H28N2O/c1-12(2)16-14-10-6-7-11-17(15(14)18)13-8-4-3-5-9-13/h12-14,16H,3-11H2,1-2H3/t14-/m0/s1. The van der Waals surface area contributed by atoms with Crippen molar-refractivity contribution in [1.82, 2.24) is 10.2 Å². The van der Waals surface area contributed by atoms with E-state index in [0.717, 1.165) is 13.0 Å². The molecular weight excluding hydrogens is 224 g/mol. The number of likely N-dealkylation sites (tertiary alicyclic amines) is 1. The number of nitrogens with one attached hydrogen (secondary N) is 1. The summed E-state index contributed by atoms with van der Waals surface area (Å²) in [6.07, 6.45) is 9.78. The molecule has 0 aromatic rings. The van der Waals surface area contributed by atoms with Gasteiger partial charge >= 0.3 is 0 Å². The van der Waals surface area contributed by atoms with Crippen molar-refractivity contribution in [2.45, 2.75) is 83.3 Å². The van der Waals surface area contributed by atoms with E-state index in [2.05, 4.69) is 24.1 Å². The first-order valence-corrected chi connectivity index (χ1v) is 7.75. The molecule has 1 aliphatic heterocycles. The van der Waals surface area contributed by atoms with Crippen molar-refractivity contribution < 1.29 is 4.79 Å². The third-order valence-electron chi connectivity index (χ3n) is 4.27. The van der Waals surface area contributed by atoms with Crippen molar-refractivity contribution in [3.63, 3.8) is 0 Å². The third kappa shape index (κ3) is 3.47. The summed E-state index contributed by atoms with van der Waals surface area (Å²) in [5, 5.41) is 3.45. The zero-order valence-corrected chi connectivity index (χ0v) is 12.0. The van der Waals surface area contributed by atoms with E-state index in [1.54, 1.807) is 0 Å². The Morgan fingerprint density at radius 3 is 2.39 bits per heavy atom. The Bertz CT molecular complexity index is 272. The molecule has 2 fully saturated rings. The van der Waals surface area contributed by atoms with Crippen LogP contribution in [0.1, 0.15) is 65.2 Å². The Labute approximate surface area is 111 Å². The first kappa shape index (κ1) is 13.9. The van der Waals surface area contributed by atoms with E-state index >= 15 is 0 Å². The van der Waals surface area contributed by atoms with Crippen LogP contribution >= 0.6 is 0 Å². The van der Waals surface area contributed by atoms with Gasteiger partial charge in [-0.2, -0.15) is 0 Å². The van der Waals surface area contributed by atoms with Crippen LogP contribution in [0.4, 0.5) is 0 Å². The Morgan fingerprint density at radius 2 is 1.72 bits per heavy atom. The summed E-state index contributed by atoms with van der Waals surface area (Å²) >= 11 is 0. The minimum absolute atomic E-state index is 0.0643. The fourth-order valence-corrected chi connectivity index (χ4v) is 3.38. The summed E-state index contributed by atoms with van der Waals surface area (Å²) in [6, 6.07) is 0.987. The molecule has 0 aromatic heterocycles. The van der Waals surface area contributed by atoms with Crippen molar-refractivity contribution in [2.75, 3.05) is 6.54 Å². The predicted molar refractivity (Wildman–Crippen MR) is 74.5 cm³/mol. The lowest BCUT2D eigenvalue weighted by molar-refractivity contribution is -0.136. The maximum atomic E-state index is 12.6.